The highest BCUT2D eigenvalue weighted by Gasteiger charge is 2.74. The molecule has 3 aliphatic heterocycles. The SMILES string of the molecule is CCCNC(=O)[C@@H]1[C@@H]2CCC3(S2)C(C(=O)NC(C)(C)C)N([C@@H](CO)[C@@H](C)CC)C(=O)[C@H]13. The van der Waals surface area contributed by atoms with Crippen molar-refractivity contribution in [2.75, 3.05) is 13.2 Å². The maximum Gasteiger partial charge on any atom is 0.244 e. The van der Waals surface area contributed by atoms with Crippen LogP contribution < -0.4 is 10.6 Å². The minimum atomic E-state index is -0.672. The molecule has 31 heavy (non-hydrogen) atoms. The summed E-state index contributed by atoms with van der Waals surface area (Å²) < 4.78 is -0.605. The number of thioether (sulfide) groups is 1. The van der Waals surface area contributed by atoms with E-state index in [1.807, 2.05) is 41.5 Å². The summed E-state index contributed by atoms with van der Waals surface area (Å²) in [6, 6.07) is -1.11. The molecule has 0 aromatic heterocycles. The maximum absolute atomic E-state index is 13.9. The van der Waals surface area contributed by atoms with Gasteiger partial charge in [-0.3, -0.25) is 14.4 Å². The number of aliphatic hydroxyl groups is 1. The molecular weight excluding hydrogens is 414 g/mol. The van der Waals surface area contributed by atoms with Gasteiger partial charge in [-0.05, 0) is 46.0 Å². The van der Waals surface area contributed by atoms with Gasteiger partial charge in [0.1, 0.15) is 6.04 Å². The molecule has 8 heteroatoms. The third-order valence-corrected chi connectivity index (χ3v) is 9.13. The fourth-order valence-electron chi connectivity index (χ4n) is 5.67. The van der Waals surface area contributed by atoms with E-state index in [1.165, 1.54) is 0 Å². The zero-order valence-corrected chi connectivity index (χ0v) is 20.6. The Bertz CT molecular complexity index is 724. The Morgan fingerprint density at radius 2 is 1.97 bits per heavy atom. The largest absolute Gasteiger partial charge is 0.394 e. The summed E-state index contributed by atoms with van der Waals surface area (Å²) in [6.07, 6.45) is 3.20. The summed E-state index contributed by atoms with van der Waals surface area (Å²) >= 11 is 1.67. The Balaban J connectivity index is 2.05. The predicted octanol–water partition coefficient (Wildman–Crippen LogP) is 1.93. The number of aliphatic hydroxyl groups excluding tert-OH is 1. The molecule has 3 saturated heterocycles. The molecule has 7 nitrogen and oxygen atoms in total. The highest BCUT2D eigenvalue weighted by Crippen LogP contribution is 2.66. The van der Waals surface area contributed by atoms with Gasteiger partial charge in [-0.25, -0.2) is 0 Å². The number of fused-ring (bicyclic) bond motifs is 1. The number of likely N-dealkylation sites (tertiary alicyclic amines) is 1. The van der Waals surface area contributed by atoms with Gasteiger partial charge in [-0.1, -0.05) is 27.2 Å². The Morgan fingerprint density at radius 3 is 2.52 bits per heavy atom. The van der Waals surface area contributed by atoms with Gasteiger partial charge >= 0.3 is 0 Å². The summed E-state index contributed by atoms with van der Waals surface area (Å²) in [6.45, 7) is 12.2. The predicted molar refractivity (Wildman–Crippen MR) is 122 cm³/mol. The molecule has 7 atom stereocenters. The highest BCUT2D eigenvalue weighted by atomic mass is 32.2. The molecule has 0 aromatic rings. The number of nitrogens with zero attached hydrogens (tertiary/aromatic N) is 1. The summed E-state index contributed by atoms with van der Waals surface area (Å²) in [5.74, 6) is -1.26. The van der Waals surface area contributed by atoms with Crippen LogP contribution in [0.25, 0.3) is 0 Å². The fourth-order valence-corrected chi connectivity index (χ4v) is 7.87. The number of carbonyl (C=O) groups is 3. The first-order valence-electron chi connectivity index (χ1n) is 11.7. The molecule has 0 radical (unpaired) electrons. The van der Waals surface area contributed by atoms with Gasteiger partial charge in [-0.2, -0.15) is 0 Å². The molecule has 0 aromatic carbocycles. The number of amides is 3. The third-order valence-electron chi connectivity index (χ3n) is 7.18. The molecule has 2 unspecified atom stereocenters. The molecule has 3 rings (SSSR count). The lowest BCUT2D eigenvalue weighted by Crippen LogP contribution is -2.60. The van der Waals surface area contributed by atoms with Gasteiger partial charge in [0.15, 0.2) is 0 Å². The summed E-state index contributed by atoms with van der Waals surface area (Å²) in [4.78, 5) is 42.3. The van der Waals surface area contributed by atoms with Crippen molar-refractivity contribution in [2.24, 2.45) is 17.8 Å². The zero-order valence-electron chi connectivity index (χ0n) is 19.7. The van der Waals surface area contributed by atoms with Crippen molar-refractivity contribution in [3.63, 3.8) is 0 Å². The Morgan fingerprint density at radius 1 is 1.29 bits per heavy atom. The van der Waals surface area contributed by atoms with Crippen molar-refractivity contribution in [3.05, 3.63) is 0 Å². The fraction of sp³-hybridized carbons (Fsp3) is 0.870. The molecule has 3 fully saturated rings. The second-order valence-electron chi connectivity index (χ2n) is 10.5. The van der Waals surface area contributed by atoms with Crippen LogP contribution in [0.1, 0.15) is 67.2 Å². The first kappa shape index (κ1) is 24.4. The molecule has 3 amide bonds. The quantitative estimate of drug-likeness (QED) is 0.522. The van der Waals surface area contributed by atoms with Crippen molar-refractivity contribution >= 4 is 29.5 Å². The maximum atomic E-state index is 13.9. The van der Waals surface area contributed by atoms with Gasteiger partial charge in [0.25, 0.3) is 0 Å². The normalized spacial score (nSPS) is 33.9. The average Bonchev–Trinajstić information content (AvgIpc) is 3.33. The van der Waals surface area contributed by atoms with E-state index in [0.717, 1.165) is 25.7 Å². The van der Waals surface area contributed by atoms with Crippen LogP contribution in [0, 0.1) is 17.8 Å². The van der Waals surface area contributed by atoms with E-state index in [-0.39, 0.29) is 35.5 Å². The van der Waals surface area contributed by atoms with Crippen molar-refractivity contribution in [2.45, 2.75) is 94.8 Å². The Labute approximate surface area is 190 Å². The van der Waals surface area contributed by atoms with E-state index in [4.69, 9.17) is 0 Å². The number of hydrogen-bond acceptors (Lipinski definition) is 5. The van der Waals surface area contributed by atoms with E-state index in [2.05, 4.69) is 10.6 Å². The molecule has 2 bridgehead atoms. The van der Waals surface area contributed by atoms with E-state index in [1.54, 1.807) is 16.7 Å². The monoisotopic (exact) mass is 453 g/mol. The number of hydrogen-bond donors (Lipinski definition) is 3. The molecule has 3 aliphatic rings. The molecule has 0 saturated carbocycles. The molecule has 3 heterocycles. The zero-order chi connectivity index (χ0) is 23.1. The number of rotatable bonds is 8. The van der Waals surface area contributed by atoms with Crippen LogP contribution in [-0.2, 0) is 14.4 Å². The Hall–Kier alpha value is -1.28. The van der Waals surface area contributed by atoms with E-state index >= 15 is 0 Å². The van der Waals surface area contributed by atoms with Crippen LogP contribution in [0.15, 0.2) is 0 Å². The van der Waals surface area contributed by atoms with Gasteiger partial charge in [0.05, 0.1) is 29.2 Å². The van der Waals surface area contributed by atoms with E-state index < -0.39 is 34.2 Å². The van der Waals surface area contributed by atoms with Crippen molar-refractivity contribution in [1.29, 1.82) is 0 Å². The molecule has 3 N–H and O–H groups in total. The number of nitrogens with one attached hydrogen (secondary N) is 2. The van der Waals surface area contributed by atoms with Crippen LogP contribution in [0.3, 0.4) is 0 Å². The van der Waals surface area contributed by atoms with Gasteiger partial charge in [-0.15, -0.1) is 11.8 Å². The lowest BCUT2D eigenvalue weighted by atomic mass is 9.70. The average molecular weight is 454 g/mol. The first-order chi connectivity index (χ1) is 14.5. The molecular formula is C23H39N3O4S. The van der Waals surface area contributed by atoms with Crippen molar-refractivity contribution in [1.82, 2.24) is 15.5 Å². The van der Waals surface area contributed by atoms with Crippen LogP contribution in [0.5, 0.6) is 0 Å². The second kappa shape index (κ2) is 8.93. The Kier molecular flexibility index (Phi) is 7.02. The lowest BCUT2D eigenvalue weighted by Gasteiger charge is -2.40. The molecule has 1 spiro atoms. The lowest BCUT2D eigenvalue weighted by molar-refractivity contribution is -0.144. The van der Waals surface area contributed by atoms with Gasteiger partial charge in [0, 0.05) is 17.3 Å². The van der Waals surface area contributed by atoms with Crippen molar-refractivity contribution < 1.29 is 19.5 Å². The van der Waals surface area contributed by atoms with Crippen LogP contribution in [0.4, 0.5) is 0 Å². The molecule has 0 aliphatic carbocycles. The third kappa shape index (κ3) is 4.10. The summed E-state index contributed by atoms with van der Waals surface area (Å²) in [5, 5.41) is 16.4. The smallest absolute Gasteiger partial charge is 0.244 e. The molecule has 176 valence electrons. The number of carbonyl (C=O) groups excluding carboxylic acids is 3. The van der Waals surface area contributed by atoms with E-state index in [9.17, 15) is 19.5 Å². The van der Waals surface area contributed by atoms with Gasteiger partial charge in [0.2, 0.25) is 17.7 Å². The minimum absolute atomic E-state index is 0.0451. The van der Waals surface area contributed by atoms with Crippen LogP contribution in [0.2, 0.25) is 0 Å². The van der Waals surface area contributed by atoms with Crippen LogP contribution in [-0.4, -0.2) is 68.5 Å². The summed E-state index contributed by atoms with van der Waals surface area (Å²) in [7, 11) is 0. The van der Waals surface area contributed by atoms with Gasteiger partial charge < -0.3 is 20.6 Å². The topological polar surface area (TPSA) is 98.7 Å². The first-order valence-corrected chi connectivity index (χ1v) is 12.6. The second-order valence-corrected chi connectivity index (χ2v) is 12.1. The van der Waals surface area contributed by atoms with E-state index in [0.29, 0.717) is 6.54 Å². The highest BCUT2D eigenvalue weighted by molar-refractivity contribution is 8.02. The minimum Gasteiger partial charge on any atom is -0.394 e. The van der Waals surface area contributed by atoms with Crippen LogP contribution >= 0.6 is 11.8 Å². The van der Waals surface area contributed by atoms with Crippen molar-refractivity contribution in [3.8, 4) is 0 Å². The standard InChI is InChI=1S/C23H39N3O4S/c1-7-11-24-19(28)16-15-9-10-23(31-15)17(16)21(30)26(14(12-27)13(3)8-2)18(23)20(29)25-22(4,5)6/h13-18,27H,7-12H2,1-6H3,(H,24,28)(H,25,29)/t13-,14-,15-,16+,17-,18?,23?/m0/s1. The summed E-state index contributed by atoms with van der Waals surface area (Å²) in [5.41, 5.74) is -0.440.